The van der Waals surface area contributed by atoms with Crippen LogP contribution in [0.1, 0.15) is 26.7 Å². The van der Waals surface area contributed by atoms with Gasteiger partial charge in [0.15, 0.2) is 0 Å². The molecule has 1 fully saturated rings. The maximum absolute atomic E-state index is 5.54. The molecule has 3 heteroatoms. The molecular weight excluding hydrogens is 182 g/mol. The van der Waals surface area contributed by atoms with Crippen LogP contribution >= 0.6 is 11.8 Å². The topological polar surface area (TPSA) is 21.3 Å². The van der Waals surface area contributed by atoms with Gasteiger partial charge in [-0.1, -0.05) is 13.8 Å². The van der Waals surface area contributed by atoms with Crippen LogP contribution in [0.2, 0.25) is 0 Å². The van der Waals surface area contributed by atoms with E-state index in [0.29, 0.717) is 12.1 Å². The lowest BCUT2D eigenvalue weighted by Gasteiger charge is -2.10. The summed E-state index contributed by atoms with van der Waals surface area (Å²) < 4.78 is 5.54. The third-order valence-electron chi connectivity index (χ3n) is 2.13. The van der Waals surface area contributed by atoms with Crippen LogP contribution in [0.15, 0.2) is 0 Å². The number of nitrogens with one attached hydrogen (secondary N) is 1. The third kappa shape index (κ3) is 5.55. The van der Waals surface area contributed by atoms with Gasteiger partial charge in [0.2, 0.25) is 0 Å². The first kappa shape index (κ1) is 11.3. The van der Waals surface area contributed by atoms with Gasteiger partial charge >= 0.3 is 0 Å². The Balaban J connectivity index is 1.83. The second-order valence-corrected chi connectivity index (χ2v) is 4.97. The SMILES string of the molecule is CC(C)NCCSCC1CCCO1. The molecule has 1 rings (SSSR count). The molecular formula is C10H21NOS. The highest BCUT2D eigenvalue weighted by Crippen LogP contribution is 2.16. The molecule has 1 saturated heterocycles. The summed E-state index contributed by atoms with van der Waals surface area (Å²) in [7, 11) is 0. The first-order chi connectivity index (χ1) is 6.29. The quantitative estimate of drug-likeness (QED) is 0.666. The Morgan fingerprint density at radius 2 is 2.38 bits per heavy atom. The molecule has 1 unspecified atom stereocenters. The summed E-state index contributed by atoms with van der Waals surface area (Å²) >= 11 is 2.00. The van der Waals surface area contributed by atoms with Gasteiger partial charge in [0.1, 0.15) is 0 Å². The summed E-state index contributed by atoms with van der Waals surface area (Å²) in [6.07, 6.45) is 3.07. The predicted octanol–water partition coefficient (Wildman–Crippen LogP) is 1.90. The molecule has 1 aliphatic rings. The molecule has 0 amide bonds. The summed E-state index contributed by atoms with van der Waals surface area (Å²) in [5.74, 6) is 2.39. The number of ether oxygens (including phenoxy) is 1. The number of hydrogen-bond acceptors (Lipinski definition) is 3. The maximum Gasteiger partial charge on any atom is 0.0666 e. The van der Waals surface area contributed by atoms with E-state index in [1.807, 2.05) is 11.8 Å². The molecule has 0 aromatic heterocycles. The average molecular weight is 203 g/mol. The Kier molecular flexibility index (Phi) is 5.83. The lowest BCUT2D eigenvalue weighted by Crippen LogP contribution is -2.25. The van der Waals surface area contributed by atoms with Gasteiger partial charge in [-0.05, 0) is 12.8 Å². The zero-order valence-corrected chi connectivity index (χ0v) is 9.53. The van der Waals surface area contributed by atoms with Crippen molar-refractivity contribution in [2.75, 3.05) is 24.7 Å². The van der Waals surface area contributed by atoms with Gasteiger partial charge < -0.3 is 10.1 Å². The number of thioether (sulfide) groups is 1. The van der Waals surface area contributed by atoms with Crippen LogP contribution in [0.3, 0.4) is 0 Å². The van der Waals surface area contributed by atoms with E-state index >= 15 is 0 Å². The predicted molar refractivity (Wildman–Crippen MR) is 59.4 cm³/mol. The Bertz CT molecular complexity index is 124. The molecule has 2 nitrogen and oxygen atoms in total. The highest BCUT2D eigenvalue weighted by Gasteiger charge is 2.14. The molecule has 0 bridgehead atoms. The van der Waals surface area contributed by atoms with Crippen molar-refractivity contribution in [3.8, 4) is 0 Å². The maximum atomic E-state index is 5.54. The fourth-order valence-electron chi connectivity index (χ4n) is 1.41. The summed E-state index contributed by atoms with van der Waals surface area (Å²) in [6.45, 7) is 6.47. The van der Waals surface area contributed by atoms with Crippen LogP contribution in [0.25, 0.3) is 0 Å². The van der Waals surface area contributed by atoms with Crippen LogP contribution in [-0.4, -0.2) is 36.8 Å². The summed E-state index contributed by atoms with van der Waals surface area (Å²) in [5, 5.41) is 3.41. The molecule has 1 heterocycles. The first-order valence-electron chi connectivity index (χ1n) is 5.22. The molecule has 1 aliphatic heterocycles. The van der Waals surface area contributed by atoms with Crippen molar-refractivity contribution >= 4 is 11.8 Å². The van der Waals surface area contributed by atoms with Gasteiger partial charge in [-0.15, -0.1) is 0 Å². The molecule has 0 aromatic rings. The Morgan fingerprint density at radius 3 is 3.00 bits per heavy atom. The van der Waals surface area contributed by atoms with E-state index in [-0.39, 0.29) is 0 Å². The van der Waals surface area contributed by atoms with Gasteiger partial charge in [0.05, 0.1) is 6.10 Å². The third-order valence-corrected chi connectivity index (χ3v) is 3.23. The zero-order valence-electron chi connectivity index (χ0n) is 8.71. The standard InChI is InChI=1S/C10H21NOS/c1-9(2)11-5-7-13-8-10-4-3-6-12-10/h9-11H,3-8H2,1-2H3. The lowest BCUT2D eigenvalue weighted by molar-refractivity contribution is 0.129. The van der Waals surface area contributed by atoms with Crippen molar-refractivity contribution in [3.63, 3.8) is 0 Å². The van der Waals surface area contributed by atoms with Crippen LogP contribution in [0.5, 0.6) is 0 Å². The van der Waals surface area contributed by atoms with Crippen molar-refractivity contribution in [2.24, 2.45) is 0 Å². The Labute approximate surface area is 85.8 Å². The summed E-state index contributed by atoms with van der Waals surface area (Å²) in [6, 6.07) is 0.614. The second-order valence-electron chi connectivity index (χ2n) is 3.82. The number of rotatable bonds is 6. The molecule has 0 aromatic carbocycles. The Hall–Kier alpha value is 0.270. The second kappa shape index (κ2) is 6.68. The Morgan fingerprint density at radius 1 is 1.54 bits per heavy atom. The highest BCUT2D eigenvalue weighted by molar-refractivity contribution is 7.99. The van der Waals surface area contributed by atoms with Gasteiger partial charge in [0.25, 0.3) is 0 Å². The van der Waals surface area contributed by atoms with E-state index < -0.39 is 0 Å². The minimum absolute atomic E-state index is 0.545. The summed E-state index contributed by atoms with van der Waals surface area (Å²) in [5.41, 5.74) is 0. The van der Waals surface area contributed by atoms with Crippen molar-refractivity contribution in [1.82, 2.24) is 5.32 Å². The first-order valence-corrected chi connectivity index (χ1v) is 6.37. The minimum Gasteiger partial charge on any atom is -0.377 e. The molecule has 0 spiro atoms. The van der Waals surface area contributed by atoms with E-state index in [0.717, 1.165) is 13.2 Å². The molecule has 0 aliphatic carbocycles. The fraction of sp³-hybridized carbons (Fsp3) is 1.00. The van der Waals surface area contributed by atoms with E-state index in [1.54, 1.807) is 0 Å². The van der Waals surface area contributed by atoms with Crippen LogP contribution < -0.4 is 5.32 Å². The van der Waals surface area contributed by atoms with Crippen molar-refractivity contribution < 1.29 is 4.74 Å². The molecule has 13 heavy (non-hydrogen) atoms. The lowest BCUT2D eigenvalue weighted by atomic mass is 10.3. The summed E-state index contributed by atoms with van der Waals surface area (Å²) in [4.78, 5) is 0. The molecule has 0 radical (unpaired) electrons. The largest absolute Gasteiger partial charge is 0.377 e. The minimum atomic E-state index is 0.545. The normalized spacial score (nSPS) is 22.8. The van der Waals surface area contributed by atoms with Gasteiger partial charge in [0, 0.05) is 30.7 Å². The van der Waals surface area contributed by atoms with E-state index in [1.165, 1.54) is 24.3 Å². The van der Waals surface area contributed by atoms with Crippen molar-refractivity contribution in [2.45, 2.75) is 38.8 Å². The molecule has 1 atom stereocenters. The highest BCUT2D eigenvalue weighted by atomic mass is 32.2. The van der Waals surface area contributed by atoms with Gasteiger partial charge in [-0.25, -0.2) is 0 Å². The van der Waals surface area contributed by atoms with Crippen molar-refractivity contribution in [1.29, 1.82) is 0 Å². The molecule has 0 saturated carbocycles. The fourth-order valence-corrected chi connectivity index (χ4v) is 2.36. The van der Waals surface area contributed by atoms with Gasteiger partial charge in [-0.2, -0.15) is 11.8 Å². The monoisotopic (exact) mass is 203 g/mol. The van der Waals surface area contributed by atoms with Crippen LogP contribution in [0, 0.1) is 0 Å². The zero-order chi connectivity index (χ0) is 9.52. The number of hydrogen-bond donors (Lipinski definition) is 1. The smallest absolute Gasteiger partial charge is 0.0666 e. The molecule has 78 valence electrons. The average Bonchev–Trinajstić information content (AvgIpc) is 2.55. The van der Waals surface area contributed by atoms with Crippen LogP contribution in [0.4, 0.5) is 0 Å². The molecule has 1 N–H and O–H groups in total. The van der Waals surface area contributed by atoms with Gasteiger partial charge in [-0.3, -0.25) is 0 Å². The van der Waals surface area contributed by atoms with E-state index in [4.69, 9.17) is 4.74 Å². The van der Waals surface area contributed by atoms with E-state index in [2.05, 4.69) is 19.2 Å². The van der Waals surface area contributed by atoms with E-state index in [9.17, 15) is 0 Å². The van der Waals surface area contributed by atoms with Crippen molar-refractivity contribution in [3.05, 3.63) is 0 Å². The van der Waals surface area contributed by atoms with Crippen LogP contribution in [-0.2, 0) is 4.74 Å².